The highest BCUT2D eigenvalue weighted by atomic mass is 16.6. The summed E-state index contributed by atoms with van der Waals surface area (Å²) < 4.78 is 5.30. The minimum absolute atomic E-state index is 0.137. The van der Waals surface area contributed by atoms with E-state index in [1.165, 1.54) is 0 Å². The first kappa shape index (κ1) is 13.8. The van der Waals surface area contributed by atoms with Crippen LogP contribution in [0.5, 0.6) is 0 Å². The lowest BCUT2D eigenvalue weighted by molar-refractivity contribution is -0.729. The van der Waals surface area contributed by atoms with Gasteiger partial charge in [-0.15, -0.1) is 0 Å². The average Bonchev–Trinajstić information content (AvgIpc) is 2.45. The fraction of sp³-hybridized carbons (Fsp3) is 0.538. The molecule has 0 radical (unpaired) electrons. The molecule has 2 N–H and O–H groups in total. The van der Waals surface area contributed by atoms with Crippen LogP contribution in [0.4, 0.5) is 11.4 Å². The largest absolute Gasteiger partial charge is 0.385 e. The first-order chi connectivity index (χ1) is 9.25. The van der Waals surface area contributed by atoms with Crippen LogP contribution in [0, 0.1) is 4.91 Å². The molecule has 2 rings (SSSR count). The number of hydrogen-bond acceptors (Lipinski definition) is 4. The van der Waals surface area contributed by atoms with Gasteiger partial charge in [0, 0.05) is 37.5 Å². The molecule has 0 saturated carbocycles. The van der Waals surface area contributed by atoms with E-state index in [1.54, 1.807) is 24.3 Å². The smallest absolute Gasteiger partial charge is 0.316 e. The highest BCUT2D eigenvalue weighted by molar-refractivity contribution is 5.48. The SMILES string of the molecule is O=[N+](O)c1ccc(NCCCN2CCOCC2)cc1. The molecule has 6 nitrogen and oxygen atoms in total. The van der Waals surface area contributed by atoms with Crippen molar-refractivity contribution in [2.75, 3.05) is 44.7 Å². The number of anilines is 1. The Morgan fingerprint density at radius 1 is 1.26 bits per heavy atom. The van der Waals surface area contributed by atoms with Crippen molar-refractivity contribution in [3.63, 3.8) is 0 Å². The van der Waals surface area contributed by atoms with Crippen molar-refractivity contribution in [1.82, 2.24) is 4.90 Å². The predicted octanol–water partition coefficient (Wildman–Crippen LogP) is 1.62. The third-order valence-electron chi connectivity index (χ3n) is 3.17. The Balaban J connectivity index is 1.66. The summed E-state index contributed by atoms with van der Waals surface area (Å²) in [6.07, 6.45) is 1.06. The molecule has 1 aliphatic heterocycles. The van der Waals surface area contributed by atoms with E-state index in [9.17, 15) is 4.91 Å². The van der Waals surface area contributed by atoms with Crippen molar-refractivity contribution in [1.29, 1.82) is 0 Å². The summed E-state index contributed by atoms with van der Waals surface area (Å²) in [4.78, 5) is 12.9. The maximum atomic E-state index is 10.6. The van der Waals surface area contributed by atoms with Gasteiger partial charge in [0.1, 0.15) is 0 Å². The van der Waals surface area contributed by atoms with Crippen LogP contribution in [0.1, 0.15) is 6.42 Å². The summed E-state index contributed by atoms with van der Waals surface area (Å²) in [7, 11) is 0. The van der Waals surface area contributed by atoms with Crippen molar-refractivity contribution >= 4 is 11.4 Å². The van der Waals surface area contributed by atoms with Gasteiger partial charge in [0.25, 0.3) is 4.92 Å². The molecule has 1 aromatic rings. The lowest BCUT2D eigenvalue weighted by Crippen LogP contribution is -2.37. The van der Waals surface area contributed by atoms with E-state index < -0.39 is 0 Å². The molecule has 1 heterocycles. The van der Waals surface area contributed by atoms with Crippen LogP contribution in [-0.4, -0.2) is 54.4 Å². The normalized spacial score (nSPS) is 16.2. The van der Waals surface area contributed by atoms with E-state index in [4.69, 9.17) is 9.94 Å². The number of nitrogens with zero attached hydrogens (tertiary/aromatic N) is 2. The Morgan fingerprint density at radius 2 is 1.95 bits per heavy atom. The summed E-state index contributed by atoms with van der Waals surface area (Å²) in [5, 5.41) is 12.0. The minimum Gasteiger partial charge on any atom is -0.385 e. The standard InChI is InChI=1S/C13H20N3O3/c17-16(18)13-4-2-12(3-5-13)14-6-1-7-15-8-10-19-11-9-15/h2-5,14H,1,6-11H2,(H,17,18)/q+1. The molecule has 104 valence electrons. The topological polar surface area (TPSA) is 64.8 Å². The van der Waals surface area contributed by atoms with Crippen LogP contribution in [-0.2, 0) is 4.74 Å². The summed E-state index contributed by atoms with van der Waals surface area (Å²) in [5.41, 5.74) is 1.19. The highest BCUT2D eigenvalue weighted by Gasteiger charge is 2.10. The van der Waals surface area contributed by atoms with Crippen LogP contribution >= 0.6 is 0 Å². The molecule has 0 aromatic heterocycles. The van der Waals surface area contributed by atoms with E-state index in [0.717, 1.165) is 51.5 Å². The molecule has 6 heteroatoms. The average molecular weight is 266 g/mol. The van der Waals surface area contributed by atoms with Gasteiger partial charge in [-0.1, -0.05) is 0 Å². The second-order valence-corrected chi connectivity index (χ2v) is 4.55. The molecule has 0 atom stereocenters. The van der Waals surface area contributed by atoms with Gasteiger partial charge in [0.05, 0.1) is 18.1 Å². The van der Waals surface area contributed by atoms with Crippen molar-refractivity contribution < 1.29 is 14.9 Å². The number of hydrogen-bond donors (Lipinski definition) is 2. The molecule has 0 amide bonds. The zero-order valence-corrected chi connectivity index (χ0v) is 10.9. The van der Waals surface area contributed by atoms with Gasteiger partial charge in [0.2, 0.25) is 0 Å². The van der Waals surface area contributed by atoms with Crippen molar-refractivity contribution in [2.45, 2.75) is 6.42 Å². The Kier molecular flexibility index (Phi) is 5.11. The van der Waals surface area contributed by atoms with Crippen molar-refractivity contribution in [2.24, 2.45) is 0 Å². The first-order valence-corrected chi connectivity index (χ1v) is 6.56. The van der Waals surface area contributed by atoms with E-state index in [1.807, 2.05) is 0 Å². The molecular formula is C13H20N3O3+. The molecule has 19 heavy (non-hydrogen) atoms. The molecule has 1 aromatic carbocycles. The summed E-state index contributed by atoms with van der Waals surface area (Å²) in [6, 6.07) is 6.73. The fourth-order valence-electron chi connectivity index (χ4n) is 2.07. The second kappa shape index (κ2) is 7.06. The van der Waals surface area contributed by atoms with Gasteiger partial charge in [-0.2, -0.15) is 0 Å². The van der Waals surface area contributed by atoms with Crippen molar-refractivity contribution in [3.8, 4) is 0 Å². The predicted molar refractivity (Wildman–Crippen MR) is 71.9 cm³/mol. The highest BCUT2D eigenvalue weighted by Crippen LogP contribution is 2.14. The van der Waals surface area contributed by atoms with Crippen molar-refractivity contribution in [3.05, 3.63) is 29.2 Å². The molecule has 0 bridgehead atoms. The third kappa shape index (κ3) is 4.50. The van der Waals surface area contributed by atoms with E-state index in [0.29, 0.717) is 0 Å². The van der Waals surface area contributed by atoms with Crippen LogP contribution in [0.3, 0.4) is 0 Å². The Hall–Kier alpha value is -1.66. The van der Waals surface area contributed by atoms with E-state index in [2.05, 4.69) is 10.2 Å². The molecule has 0 spiro atoms. The minimum atomic E-state index is -0.137. The molecule has 1 fully saturated rings. The maximum absolute atomic E-state index is 10.6. The van der Waals surface area contributed by atoms with E-state index in [-0.39, 0.29) is 10.6 Å². The number of rotatable bonds is 6. The van der Waals surface area contributed by atoms with Crippen LogP contribution in [0.2, 0.25) is 0 Å². The molecule has 1 saturated heterocycles. The molecular weight excluding hydrogens is 246 g/mol. The summed E-state index contributed by atoms with van der Waals surface area (Å²) in [6.45, 7) is 5.66. The quantitative estimate of drug-likeness (QED) is 0.605. The van der Waals surface area contributed by atoms with Gasteiger partial charge in [-0.05, 0) is 25.1 Å². The second-order valence-electron chi connectivity index (χ2n) is 4.55. The van der Waals surface area contributed by atoms with Gasteiger partial charge < -0.3 is 10.1 Å². The van der Waals surface area contributed by atoms with Gasteiger partial charge in [-0.25, -0.2) is 5.21 Å². The first-order valence-electron chi connectivity index (χ1n) is 6.56. The van der Waals surface area contributed by atoms with Gasteiger partial charge in [-0.3, -0.25) is 4.90 Å². The van der Waals surface area contributed by atoms with Crippen LogP contribution in [0.15, 0.2) is 24.3 Å². The zero-order valence-electron chi connectivity index (χ0n) is 10.9. The Bertz CT molecular complexity index is 402. The van der Waals surface area contributed by atoms with Crippen LogP contribution in [0.25, 0.3) is 0 Å². The Labute approximate surface area is 112 Å². The zero-order chi connectivity index (χ0) is 13.5. The van der Waals surface area contributed by atoms with Crippen LogP contribution < -0.4 is 5.32 Å². The third-order valence-corrected chi connectivity index (χ3v) is 3.17. The maximum Gasteiger partial charge on any atom is 0.316 e. The number of ether oxygens (including phenoxy) is 1. The summed E-state index contributed by atoms with van der Waals surface area (Å²) >= 11 is 0. The fourth-order valence-corrected chi connectivity index (χ4v) is 2.07. The monoisotopic (exact) mass is 266 g/mol. The molecule has 0 unspecified atom stereocenters. The molecule has 0 aliphatic carbocycles. The Morgan fingerprint density at radius 3 is 2.58 bits per heavy atom. The number of morpholine rings is 1. The molecule has 1 aliphatic rings. The van der Waals surface area contributed by atoms with E-state index >= 15 is 0 Å². The number of benzene rings is 1. The summed E-state index contributed by atoms with van der Waals surface area (Å²) in [5.74, 6) is 0. The lowest BCUT2D eigenvalue weighted by atomic mass is 10.2. The van der Waals surface area contributed by atoms with Gasteiger partial charge in [0.15, 0.2) is 0 Å². The number of nitrogens with one attached hydrogen (secondary N) is 1. The lowest BCUT2D eigenvalue weighted by Gasteiger charge is -2.26. The van der Waals surface area contributed by atoms with Gasteiger partial charge >= 0.3 is 5.69 Å².